The van der Waals surface area contributed by atoms with E-state index in [1.54, 1.807) is 11.3 Å². The second kappa shape index (κ2) is 11.9. The molecule has 7 heteroatoms. The van der Waals surface area contributed by atoms with Crippen molar-refractivity contribution in [3.8, 4) is 0 Å². The molecule has 1 atom stereocenters. The molecule has 0 spiro atoms. The number of hydrogen-bond acceptors (Lipinski definition) is 4. The van der Waals surface area contributed by atoms with Crippen LogP contribution in [-0.4, -0.2) is 42.1 Å². The van der Waals surface area contributed by atoms with Gasteiger partial charge in [0.15, 0.2) is 5.96 Å². The van der Waals surface area contributed by atoms with Crippen molar-refractivity contribution in [1.82, 2.24) is 15.5 Å². The molecule has 1 saturated heterocycles. The minimum Gasteiger partial charge on any atom is -0.383 e. The smallest absolute Gasteiger partial charge is 0.191 e. The Morgan fingerprint density at radius 2 is 1.83 bits per heavy atom. The first kappa shape index (κ1) is 24.1. The average Bonchev–Trinajstić information content (AvgIpc) is 3.39. The number of nitrogens with one attached hydrogen (secondary N) is 2. The Hall–Kier alpha value is -1.16. The Balaban J connectivity index is 0.00000300. The molecule has 1 aromatic carbocycles. The fraction of sp³-hybridized carbons (Fsp3) is 0.500. The number of nitrogens with zero attached hydrogens (tertiary/aromatic N) is 2. The molecular formula is C22H33IN4OS. The van der Waals surface area contributed by atoms with Gasteiger partial charge in [0, 0.05) is 18.0 Å². The van der Waals surface area contributed by atoms with Crippen molar-refractivity contribution < 1.29 is 5.11 Å². The van der Waals surface area contributed by atoms with E-state index < -0.39 is 5.60 Å². The number of benzene rings is 1. The van der Waals surface area contributed by atoms with Crippen LogP contribution in [0.1, 0.15) is 42.7 Å². The van der Waals surface area contributed by atoms with Gasteiger partial charge in [-0.2, -0.15) is 0 Å². The highest BCUT2D eigenvalue weighted by molar-refractivity contribution is 14.0. The summed E-state index contributed by atoms with van der Waals surface area (Å²) in [6.45, 7) is 9.16. The topological polar surface area (TPSA) is 59.9 Å². The molecule has 0 amide bonds. The Labute approximate surface area is 195 Å². The summed E-state index contributed by atoms with van der Waals surface area (Å²) < 4.78 is 0. The first-order valence-corrected chi connectivity index (χ1v) is 11.0. The molecule has 0 radical (unpaired) electrons. The van der Waals surface area contributed by atoms with Crippen molar-refractivity contribution in [2.24, 2.45) is 4.99 Å². The van der Waals surface area contributed by atoms with Gasteiger partial charge in [-0.3, -0.25) is 4.90 Å². The minimum absolute atomic E-state index is 0. The number of thiophene rings is 1. The van der Waals surface area contributed by atoms with Crippen molar-refractivity contribution in [2.45, 2.75) is 45.4 Å². The molecular weight excluding hydrogens is 495 g/mol. The van der Waals surface area contributed by atoms with E-state index in [-0.39, 0.29) is 24.0 Å². The molecule has 1 fully saturated rings. The quantitative estimate of drug-likeness (QED) is 0.276. The van der Waals surface area contributed by atoms with Gasteiger partial charge in [-0.25, -0.2) is 4.99 Å². The van der Waals surface area contributed by atoms with Crippen molar-refractivity contribution in [3.63, 3.8) is 0 Å². The first-order chi connectivity index (χ1) is 13.6. The molecule has 0 bridgehead atoms. The summed E-state index contributed by atoms with van der Waals surface area (Å²) in [6.07, 6.45) is 2.65. The second-order valence-corrected chi connectivity index (χ2v) is 8.55. The Morgan fingerprint density at radius 3 is 2.45 bits per heavy atom. The van der Waals surface area contributed by atoms with Crippen LogP contribution >= 0.6 is 35.3 Å². The molecule has 0 aliphatic carbocycles. The molecule has 1 aromatic heterocycles. The van der Waals surface area contributed by atoms with Gasteiger partial charge in [0.05, 0.1) is 13.1 Å². The molecule has 5 nitrogen and oxygen atoms in total. The lowest BCUT2D eigenvalue weighted by atomic mass is 10.1. The number of halogens is 1. The SMILES string of the molecule is CCNC(=NCc1ccc(CN2CCCC2)cc1)NCC(C)(O)c1cccs1.I. The fourth-order valence-electron chi connectivity index (χ4n) is 3.39. The first-order valence-electron chi connectivity index (χ1n) is 10.2. The number of rotatable bonds is 8. The Morgan fingerprint density at radius 1 is 1.14 bits per heavy atom. The van der Waals surface area contributed by atoms with Gasteiger partial charge in [0.2, 0.25) is 0 Å². The molecule has 3 rings (SSSR count). The van der Waals surface area contributed by atoms with Gasteiger partial charge in [-0.05, 0) is 62.4 Å². The average molecular weight is 529 g/mol. The standard InChI is InChI=1S/C22H32N4OS.HI/c1-3-23-21(25-17-22(2,27)20-7-6-14-28-20)24-15-18-8-10-19(11-9-18)16-26-12-4-5-13-26;/h6-11,14,27H,3-5,12-13,15-17H2,1-2H3,(H2,23,24,25);1H. The van der Waals surface area contributed by atoms with Crippen LogP contribution in [0.25, 0.3) is 0 Å². The van der Waals surface area contributed by atoms with Crippen LogP contribution in [0.2, 0.25) is 0 Å². The summed E-state index contributed by atoms with van der Waals surface area (Å²) in [7, 11) is 0. The van der Waals surface area contributed by atoms with Crippen LogP contribution in [0, 0.1) is 0 Å². The van der Waals surface area contributed by atoms with Gasteiger partial charge in [-0.15, -0.1) is 35.3 Å². The second-order valence-electron chi connectivity index (χ2n) is 7.60. The molecule has 1 aliphatic rings. The maximum atomic E-state index is 10.7. The Kier molecular flexibility index (Phi) is 9.88. The summed E-state index contributed by atoms with van der Waals surface area (Å²) in [4.78, 5) is 8.14. The van der Waals surface area contributed by atoms with Crippen molar-refractivity contribution in [3.05, 3.63) is 57.8 Å². The largest absolute Gasteiger partial charge is 0.383 e. The minimum atomic E-state index is -0.915. The molecule has 0 saturated carbocycles. The van der Waals surface area contributed by atoms with E-state index in [9.17, 15) is 5.11 Å². The Bertz CT molecular complexity index is 741. The molecule has 1 unspecified atom stereocenters. The van der Waals surface area contributed by atoms with Crippen molar-refractivity contribution in [2.75, 3.05) is 26.2 Å². The van der Waals surface area contributed by atoms with E-state index in [1.807, 2.05) is 31.4 Å². The summed E-state index contributed by atoms with van der Waals surface area (Å²) >= 11 is 1.56. The molecule has 160 valence electrons. The van der Waals surface area contributed by atoms with E-state index >= 15 is 0 Å². The van der Waals surface area contributed by atoms with Crippen LogP contribution in [0.15, 0.2) is 46.8 Å². The summed E-state index contributed by atoms with van der Waals surface area (Å²) in [5.74, 6) is 0.723. The van der Waals surface area contributed by atoms with E-state index in [0.717, 1.165) is 23.9 Å². The zero-order valence-electron chi connectivity index (χ0n) is 17.4. The molecule has 3 N–H and O–H groups in total. The lowest BCUT2D eigenvalue weighted by molar-refractivity contribution is 0.0655. The van der Waals surface area contributed by atoms with Gasteiger partial charge in [0.1, 0.15) is 5.60 Å². The number of aliphatic imine (C=N–C) groups is 1. The third kappa shape index (κ3) is 7.55. The van der Waals surface area contributed by atoms with Crippen LogP contribution < -0.4 is 10.6 Å². The molecule has 1 aliphatic heterocycles. The van der Waals surface area contributed by atoms with Gasteiger partial charge in [-0.1, -0.05) is 30.3 Å². The van der Waals surface area contributed by atoms with E-state index in [4.69, 9.17) is 0 Å². The van der Waals surface area contributed by atoms with Crippen LogP contribution in [0.5, 0.6) is 0 Å². The van der Waals surface area contributed by atoms with Crippen molar-refractivity contribution >= 4 is 41.3 Å². The van der Waals surface area contributed by atoms with Crippen LogP contribution in [0.3, 0.4) is 0 Å². The third-order valence-electron chi connectivity index (χ3n) is 5.04. The highest BCUT2D eigenvalue weighted by Gasteiger charge is 2.24. The lowest BCUT2D eigenvalue weighted by Gasteiger charge is -2.23. The maximum Gasteiger partial charge on any atom is 0.191 e. The van der Waals surface area contributed by atoms with E-state index in [2.05, 4.69) is 44.8 Å². The highest BCUT2D eigenvalue weighted by Crippen LogP contribution is 2.24. The zero-order valence-corrected chi connectivity index (χ0v) is 20.5. The van der Waals surface area contributed by atoms with E-state index in [0.29, 0.717) is 13.1 Å². The van der Waals surface area contributed by atoms with Crippen LogP contribution in [-0.2, 0) is 18.7 Å². The van der Waals surface area contributed by atoms with Gasteiger partial charge >= 0.3 is 0 Å². The number of hydrogen-bond donors (Lipinski definition) is 3. The lowest BCUT2D eigenvalue weighted by Crippen LogP contribution is -2.44. The normalized spacial score (nSPS) is 16.9. The molecule has 2 aromatic rings. The van der Waals surface area contributed by atoms with E-state index in [1.165, 1.54) is 37.1 Å². The molecule has 2 heterocycles. The third-order valence-corrected chi connectivity index (χ3v) is 6.17. The fourth-order valence-corrected chi connectivity index (χ4v) is 4.18. The van der Waals surface area contributed by atoms with Gasteiger partial charge < -0.3 is 15.7 Å². The predicted molar refractivity (Wildman–Crippen MR) is 133 cm³/mol. The summed E-state index contributed by atoms with van der Waals surface area (Å²) in [5.41, 5.74) is 1.64. The number of aliphatic hydroxyl groups is 1. The monoisotopic (exact) mass is 528 g/mol. The highest BCUT2D eigenvalue weighted by atomic mass is 127. The zero-order chi connectivity index (χ0) is 19.8. The summed E-state index contributed by atoms with van der Waals surface area (Å²) in [6, 6.07) is 12.7. The summed E-state index contributed by atoms with van der Waals surface area (Å²) in [5, 5.41) is 19.2. The number of guanidine groups is 1. The van der Waals surface area contributed by atoms with Crippen LogP contribution in [0.4, 0.5) is 0 Å². The molecule has 29 heavy (non-hydrogen) atoms. The van der Waals surface area contributed by atoms with Gasteiger partial charge in [0.25, 0.3) is 0 Å². The number of likely N-dealkylation sites (tertiary alicyclic amines) is 1. The van der Waals surface area contributed by atoms with Crippen molar-refractivity contribution in [1.29, 1.82) is 0 Å². The predicted octanol–water partition coefficient (Wildman–Crippen LogP) is 3.92. The maximum absolute atomic E-state index is 10.7.